The van der Waals surface area contributed by atoms with Crippen LogP contribution in [0.2, 0.25) is 0 Å². The third kappa shape index (κ3) is 4.43. The van der Waals surface area contributed by atoms with Crippen molar-refractivity contribution in [2.75, 3.05) is 26.0 Å². The van der Waals surface area contributed by atoms with Gasteiger partial charge in [0.25, 0.3) is 0 Å². The summed E-state index contributed by atoms with van der Waals surface area (Å²) in [6.45, 7) is 2.17. The van der Waals surface area contributed by atoms with Crippen LogP contribution in [0.3, 0.4) is 0 Å². The van der Waals surface area contributed by atoms with E-state index in [-0.39, 0.29) is 6.10 Å². The van der Waals surface area contributed by atoms with E-state index in [2.05, 4.69) is 11.6 Å². The number of nitrogens with one attached hydrogen (secondary N) is 1. The number of hydrogen-bond donors (Lipinski definition) is 2. The second-order valence-corrected chi connectivity index (χ2v) is 6.69. The van der Waals surface area contributed by atoms with Crippen LogP contribution >= 0.6 is 11.8 Å². The van der Waals surface area contributed by atoms with Gasteiger partial charge >= 0.3 is 0 Å². The van der Waals surface area contributed by atoms with Crippen LogP contribution in [-0.2, 0) is 4.74 Å². The van der Waals surface area contributed by atoms with Crippen molar-refractivity contribution in [3.05, 3.63) is 0 Å². The Labute approximate surface area is 109 Å². The number of aliphatic hydroxyl groups is 1. The summed E-state index contributed by atoms with van der Waals surface area (Å²) in [4.78, 5) is 0. The number of hydrogen-bond acceptors (Lipinski definition) is 4. The lowest BCUT2D eigenvalue weighted by molar-refractivity contribution is -0.00535. The molecule has 0 spiro atoms. The maximum Gasteiger partial charge on any atom is 0.0897 e. The van der Waals surface area contributed by atoms with Crippen LogP contribution in [-0.4, -0.2) is 48.0 Å². The summed E-state index contributed by atoms with van der Waals surface area (Å²) in [5.41, 5.74) is 0. The molecule has 2 saturated carbocycles. The van der Waals surface area contributed by atoms with E-state index in [0.29, 0.717) is 24.0 Å². The molecule has 1 atom stereocenters. The highest BCUT2D eigenvalue weighted by molar-refractivity contribution is 8.00. The molecule has 1 unspecified atom stereocenters. The normalized spacial score (nSPS) is 25.1. The van der Waals surface area contributed by atoms with Gasteiger partial charge in [-0.15, -0.1) is 0 Å². The molecule has 0 aromatic carbocycles. The fourth-order valence-corrected chi connectivity index (χ4v) is 3.18. The minimum Gasteiger partial charge on any atom is -0.389 e. The average molecular weight is 259 g/mol. The van der Waals surface area contributed by atoms with Gasteiger partial charge in [-0.3, -0.25) is 0 Å². The van der Waals surface area contributed by atoms with E-state index in [1.165, 1.54) is 38.5 Å². The van der Waals surface area contributed by atoms with Crippen LogP contribution in [0.4, 0.5) is 0 Å². The van der Waals surface area contributed by atoms with Gasteiger partial charge in [0.1, 0.15) is 0 Å². The van der Waals surface area contributed by atoms with Crippen molar-refractivity contribution in [3.8, 4) is 0 Å². The van der Waals surface area contributed by atoms with E-state index >= 15 is 0 Å². The Kier molecular flexibility index (Phi) is 5.15. The van der Waals surface area contributed by atoms with Gasteiger partial charge in [-0.05, 0) is 31.9 Å². The Morgan fingerprint density at radius 3 is 2.71 bits per heavy atom. The number of thioether (sulfide) groups is 1. The topological polar surface area (TPSA) is 41.5 Å². The lowest BCUT2D eigenvalue weighted by atomic mass is 10.3. The molecule has 17 heavy (non-hydrogen) atoms. The second-order valence-electron chi connectivity index (χ2n) is 5.41. The lowest BCUT2D eigenvalue weighted by Crippen LogP contribution is -2.35. The van der Waals surface area contributed by atoms with Crippen LogP contribution in [0.25, 0.3) is 0 Å². The van der Waals surface area contributed by atoms with Crippen LogP contribution in [0.1, 0.15) is 38.5 Å². The summed E-state index contributed by atoms with van der Waals surface area (Å²) in [7, 11) is 0. The maximum absolute atomic E-state index is 9.81. The van der Waals surface area contributed by atoms with Crippen molar-refractivity contribution in [2.45, 2.75) is 55.5 Å². The summed E-state index contributed by atoms with van der Waals surface area (Å²) < 4.78 is 6.17. The smallest absolute Gasteiger partial charge is 0.0897 e. The first-order valence-electron chi connectivity index (χ1n) is 6.80. The minimum atomic E-state index is -0.353. The third-order valence-electron chi connectivity index (χ3n) is 3.89. The van der Waals surface area contributed by atoms with Gasteiger partial charge in [0, 0.05) is 17.8 Å². The predicted molar refractivity (Wildman–Crippen MR) is 72.6 cm³/mol. The number of ether oxygens (including phenoxy) is 1. The molecule has 3 nitrogen and oxygen atoms in total. The molecule has 0 radical (unpaired) electrons. The standard InChI is InChI=1S/C13H25NO2S/c1-17-13(6-7-13)10-14-8-11(15)9-16-12-4-2-3-5-12/h11-12,14-15H,2-10H2,1H3. The van der Waals surface area contributed by atoms with Crippen molar-refractivity contribution in [3.63, 3.8) is 0 Å². The highest BCUT2D eigenvalue weighted by atomic mass is 32.2. The van der Waals surface area contributed by atoms with Crippen molar-refractivity contribution in [1.29, 1.82) is 0 Å². The van der Waals surface area contributed by atoms with Gasteiger partial charge in [0.2, 0.25) is 0 Å². The summed E-state index contributed by atoms with van der Waals surface area (Å²) >= 11 is 1.95. The Bertz CT molecular complexity index is 227. The van der Waals surface area contributed by atoms with E-state index in [4.69, 9.17) is 4.74 Å². The fraction of sp³-hybridized carbons (Fsp3) is 1.00. The first kappa shape index (κ1) is 13.7. The molecular weight excluding hydrogens is 234 g/mol. The average Bonchev–Trinajstić information content (AvgIpc) is 2.92. The second kappa shape index (κ2) is 6.41. The molecule has 0 amide bonds. The molecule has 2 rings (SSSR count). The summed E-state index contributed by atoms with van der Waals surface area (Å²) in [5, 5.41) is 13.2. The fourth-order valence-electron chi connectivity index (χ4n) is 2.42. The highest BCUT2D eigenvalue weighted by Gasteiger charge is 2.41. The summed E-state index contributed by atoms with van der Waals surface area (Å²) in [6, 6.07) is 0. The molecule has 0 aromatic heterocycles. The maximum atomic E-state index is 9.81. The Balaban J connectivity index is 1.50. The number of aliphatic hydroxyl groups excluding tert-OH is 1. The lowest BCUT2D eigenvalue weighted by Gasteiger charge is -2.18. The Morgan fingerprint density at radius 2 is 2.12 bits per heavy atom. The van der Waals surface area contributed by atoms with Crippen LogP contribution < -0.4 is 5.32 Å². The van der Waals surface area contributed by atoms with Crippen molar-refractivity contribution in [1.82, 2.24) is 5.32 Å². The minimum absolute atomic E-state index is 0.353. The van der Waals surface area contributed by atoms with Gasteiger partial charge in [-0.1, -0.05) is 12.8 Å². The van der Waals surface area contributed by atoms with Gasteiger partial charge in [0.15, 0.2) is 0 Å². The van der Waals surface area contributed by atoms with E-state index in [1.54, 1.807) is 0 Å². The molecular formula is C13H25NO2S. The van der Waals surface area contributed by atoms with Gasteiger partial charge in [0.05, 0.1) is 18.8 Å². The van der Waals surface area contributed by atoms with Crippen LogP contribution in [0, 0.1) is 0 Å². The summed E-state index contributed by atoms with van der Waals surface area (Å²) in [6.07, 6.45) is 9.79. The number of rotatable bonds is 8. The van der Waals surface area contributed by atoms with E-state index in [0.717, 1.165) is 6.54 Å². The largest absolute Gasteiger partial charge is 0.389 e. The molecule has 0 bridgehead atoms. The molecule has 0 aliphatic heterocycles. The van der Waals surface area contributed by atoms with Crippen molar-refractivity contribution in [2.24, 2.45) is 0 Å². The molecule has 2 aliphatic rings. The molecule has 2 fully saturated rings. The van der Waals surface area contributed by atoms with E-state index < -0.39 is 0 Å². The predicted octanol–water partition coefficient (Wildman–Crippen LogP) is 1.79. The Morgan fingerprint density at radius 1 is 1.41 bits per heavy atom. The van der Waals surface area contributed by atoms with Gasteiger partial charge < -0.3 is 15.2 Å². The molecule has 0 heterocycles. The Hall–Kier alpha value is 0.230. The monoisotopic (exact) mass is 259 g/mol. The van der Waals surface area contributed by atoms with Crippen LogP contribution in [0.5, 0.6) is 0 Å². The van der Waals surface area contributed by atoms with E-state index in [1.807, 2.05) is 11.8 Å². The van der Waals surface area contributed by atoms with Crippen molar-refractivity contribution >= 4 is 11.8 Å². The molecule has 2 N–H and O–H groups in total. The SMILES string of the molecule is CSC1(CNCC(O)COC2CCCC2)CC1. The van der Waals surface area contributed by atoms with Gasteiger partial charge in [-0.2, -0.15) is 11.8 Å². The molecule has 0 aromatic rings. The molecule has 2 aliphatic carbocycles. The summed E-state index contributed by atoms with van der Waals surface area (Å²) in [5.74, 6) is 0. The first-order valence-corrected chi connectivity index (χ1v) is 8.02. The van der Waals surface area contributed by atoms with Crippen LogP contribution in [0.15, 0.2) is 0 Å². The zero-order valence-corrected chi connectivity index (χ0v) is 11.6. The van der Waals surface area contributed by atoms with E-state index in [9.17, 15) is 5.11 Å². The zero-order valence-electron chi connectivity index (χ0n) is 10.8. The molecule has 100 valence electrons. The molecule has 0 saturated heterocycles. The third-order valence-corrected chi connectivity index (χ3v) is 5.31. The molecule has 4 heteroatoms. The van der Waals surface area contributed by atoms with Gasteiger partial charge in [-0.25, -0.2) is 0 Å². The quantitative estimate of drug-likeness (QED) is 0.697. The highest BCUT2D eigenvalue weighted by Crippen LogP contribution is 2.46. The van der Waals surface area contributed by atoms with Crippen molar-refractivity contribution < 1.29 is 9.84 Å². The zero-order chi connectivity index (χ0) is 12.1. The first-order chi connectivity index (χ1) is 8.24.